The Morgan fingerprint density at radius 3 is 2.57 bits per heavy atom. The van der Waals surface area contributed by atoms with Crippen molar-refractivity contribution in [2.75, 3.05) is 20.5 Å². The third-order valence-electron chi connectivity index (χ3n) is 2.82. The number of hydrogen-bond acceptors (Lipinski definition) is 7. The van der Waals surface area contributed by atoms with Gasteiger partial charge in [-0.1, -0.05) is 0 Å². The summed E-state index contributed by atoms with van der Waals surface area (Å²) in [5, 5.41) is 2.42. The summed E-state index contributed by atoms with van der Waals surface area (Å²) < 4.78 is 34.4. The number of nitrogens with one attached hydrogen (secondary N) is 1. The lowest BCUT2D eigenvalue weighted by molar-refractivity contribution is -0.118. The number of methoxy groups -OCH3 is 2. The molecule has 1 heterocycles. The Morgan fingerprint density at radius 2 is 1.96 bits per heavy atom. The van der Waals surface area contributed by atoms with Crippen molar-refractivity contribution in [3.8, 4) is 22.1 Å². The number of thiazole rings is 1. The first-order valence-electron chi connectivity index (χ1n) is 6.50. The van der Waals surface area contributed by atoms with Gasteiger partial charge in [0.25, 0.3) is 0 Å². The fraction of sp³-hybridized carbons (Fsp3) is 0.286. The van der Waals surface area contributed by atoms with E-state index in [1.807, 2.05) is 10.8 Å². The van der Waals surface area contributed by atoms with E-state index in [4.69, 9.17) is 9.47 Å². The quantitative estimate of drug-likeness (QED) is 0.842. The van der Waals surface area contributed by atoms with Crippen LogP contribution in [0.15, 0.2) is 23.6 Å². The van der Waals surface area contributed by atoms with Crippen LogP contribution in [-0.4, -0.2) is 39.8 Å². The Labute approximate surface area is 138 Å². The normalized spacial score (nSPS) is 11.1. The average Bonchev–Trinajstić information content (AvgIpc) is 2.92. The molecule has 1 amide bonds. The third kappa shape index (κ3) is 4.67. The molecule has 0 fully saturated rings. The highest BCUT2D eigenvalue weighted by molar-refractivity contribution is 7.89. The molecule has 2 rings (SSSR count). The second-order valence-electron chi connectivity index (χ2n) is 4.69. The van der Waals surface area contributed by atoms with Crippen LogP contribution >= 0.6 is 11.3 Å². The monoisotopic (exact) mass is 356 g/mol. The van der Waals surface area contributed by atoms with E-state index in [0.29, 0.717) is 22.2 Å². The molecule has 23 heavy (non-hydrogen) atoms. The molecule has 1 N–H and O–H groups in total. The van der Waals surface area contributed by atoms with Gasteiger partial charge in [0.2, 0.25) is 15.9 Å². The van der Waals surface area contributed by atoms with Crippen molar-refractivity contribution >= 4 is 27.3 Å². The zero-order valence-corrected chi connectivity index (χ0v) is 14.5. The van der Waals surface area contributed by atoms with Crippen molar-refractivity contribution in [2.24, 2.45) is 0 Å². The Balaban J connectivity index is 2.17. The minimum absolute atomic E-state index is 0.100. The van der Waals surface area contributed by atoms with Crippen LogP contribution in [0.5, 0.6) is 11.5 Å². The van der Waals surface area contributed by atoms with E-state index in [1.165, 1.54) is 11.3 Å². The average molecular weight is 356 g/mol. The molecule has 0 bridgehead atoms. The van der Waals surface area contributed by atoms with E-state index in [9.17, 15) is 13.2 Å². The summed E-state index contributed by atoms with van der Waals surface area (Å²) in [4.78, 5) is 15.9. The maximum atomic E-state index is 11.6. The second-order valence-corrected chi connectivity index (χ2v) is 7.29. The Morgan fingerprint density at radius 1 is 1.26 bits per heavy atom. The van der Waals surface area contributed by atoms with Crippen LogP contribution < -0.4 is 14.2 Å². The predicted molar refractivity (Wildman–Crippen MR) is 87.3 cm³/mol. The molecule has 1 aromatic carbocycles. The summed E-state index contributed by atoms with van der Waals surface area (Å²) in [6.45, 7) is 0. The molecule has 0 spiro atoms. The highest BCUT2D eigenvalue weighted by Gasteiger charge is 2.13. The van der Waals surface area contributed by atoms with Crippen molar-refractivity contribution in [1.29, 1.82) is 0 Å². The number of carbonyl (C=O) groups is 1. The summed E-state index contributed by atoms with van der Waals surface area (Å²) in [7, 11) is -0.459. The van der Waals surface area contributed by atoms with Gasteiger partial charge in [0.1, 0.15) is 5.01 Å². The van der Waals surface area contributed by atoms with E-state index >= 15 is 0 Å². The lowest BCUT2D eigenvalue weighted by Gasteiger charge is -2.08. The molecule has 9 heteroatoms. The van der Waals surface area contributed by atoms with Gasteiger partial charge in [-0.05, 0) is 18.2 Å². The number of hydrogen-bond donors (Lipinski definition) is 1. The van der Waals surface area contributed by atoms with Gasteiger partial charge < -0.3 is 9.47 Å². The fourth-order valence-electron chi connectivity index (χ4n) is 1.90. The summed E-state index contributed by atoms with van der Waals surface area (Å²) in [6.07, 6.45) is 0.831. The van der Waals surface area contributed by atoms with Crippen LogP contribution in [0.1, 0.15) is 5.69 Å². The predicted octanol–water partition coefficient (Wildman–Crippen LogP) is 1.45. The number of aromatic nitrogens is 1. The third-order valence-corrected chi connectivity index (χ3v) is 4.36. The van der Waals surface area contributed by atoms with Crippen LogP contribution in [0, 0.1) is 0 Å². The largest absolute Gasteiger partial charge is 0.493 e. The van der Waals surface area contributed by atoms with Crippen LogP contribution in [0.2, 0.25) is 0 Å². The standard InChI is InChI=1S/C14H16N2O5S2/c1-20-11-5-4-9(6-12(11)21-2)14-15-10(8-22-14)7-13(17)16-23(3,18)19/h4-6,8H,7H2,1-3H3,(H,16,17). The van der Waals surface area contributed by atoms with Gasteiger partial charge in [-0.15, -0.1) is 11.3 Å². The highest BCUT2D eigenvalue weighted by atomic mass is 32.2. The van der Waals surface area contributed by atoms with E-state index in [2.05, 4.69) is 4.98 Å². The first-order valence-corrected chi connectivity index (χ1v) is 9.27. The molecule has 0 saturated carbocycles. The maximum absolute atomic E-state index is 11.6. The van der Waals surface area contributed by atoms with Crippen LogP contribution in [0.4, 0.5) is 0 Å². The van der Waals surface area contributed by atoms with Crippen LogP contribution in [0.25, 0.3) is 10.6 Å². The molecule has 2 aromatic rings. The van der Waals surface area contributed by atoms with Crippen molar-refractivity contribution in [3.05, 3.63) is 29.3 Å². The van der Waals surface area contributed by atoms with Crippen LogP contribution in [-0.2, 0) is 21.2 Å². The van der Waals surface area contributed by atoms with Gasteiger partial charge in [0, 0.05) is 10.9 Å². The molecule has 0 radical (unpaired) electrons. The van der Waals surface area contributed by atoms with Crippen LogP contribution in [0.3, 0.4) is 0 Å². The van der Waals surface area contributed by atoms with E-state index in [1.54, 1.807) is 31.7 Å². The molecule has 0 unspecified atom stereocenters. The van der Waals surface area contributed by atoms with E-state index in [0.717, 1.165) is 11.8 Å². The summed E-state index contributed by atoms with van der Waals surface area (Å²) >= 11 is 1.36. The van der Waals surface area contributed by atoms with Gasteiger partial charge in [-0.3, -0.25) is 9.52 Å². The number of ether oxygens (including phenoxy) is 2. The van der Waals surface area contributed by atoms with E-state index in [-0.39, 0.29) is 6.42 Å². The molecule has 0 aliphatic rings. The fourth-order valence-corrected chi connectivity index (χ4v) is 3.20. The smallest absolute Gasteiger partial charge is 0.239 e. The van der Waals surface area contributed by atoms with Crippen molar-refractivity contribution in [3.63, 3.8) is 0 Å². The van der Waals surface area contributed by atoms with Crippen molar-refractivity contribution in [1.82, 2.24) is 9.71 Å². The number of sulfonamides is 1. The number of benzene rings is 1. The SMILES string of the molecule is COc1ccc(-c2nc(CC(=O)NS(C)(=O)=O)cs2)cc1OC. The van der Waals surface area contributed by atoms with Gasteiger partial charge >= 0.3 is 0 Å². The molecule has 7 nitrogen and oxygen atoms in total. The molecule has 124 valence electrons. The second kappa shape index (κ2) is 6.97. The molecule has 0 saturated heterocycles. The number of carbonyl (C=O) groups excluding carboxylic acids is 1. The van der Waals surface area contributed by atoms with Gasteiger partial charge in [0.05, 0.1) is 32.6 Å². The van der Waals surface area contributed by atoms with Crippen molar-refractivity contribution in [2.45, 2.75) is 6.42 Å². The molecular weight excluding hydrogens is 340 g/mol. The van der Waals surface area contributed by atoms with Crippen molar-refractivity contribution < 1.29 is 22.7 Å². The zero-order valence-electron chi connectivity index (χ0n) is 12.8. The Bertz CT molecular complexity index is 814. The maximum Gasteiger partial charge on any atom is 0.239 e. The van der Waals surface area contributed by atoms with Gasteiger partial charge in [0.15, 0.2) is 11.5 Å². The number of rotatable bonds is 6. The summed E-state index contributed by atoms with van der Waals surface area (Å²) in [5.41, 5.74) is 1.32. The summed E-state index contributed by atoms with van der Waals surface area (Å²) in [6, 6.07) is 5.39. The number of nitrogens with zero attached hydrogens (tertiary/aromatic N) is 1. The van der Waals surface area contributed by atoms with Gasteiger partial charge in [-0.25, -0.2) is 13.4 Å². The first-order chi connectivity index (χ1) is 10.8. The lowest BCUT2D eigenvalue weighted by atomic mass is 10.2. The minimum Gasteiger partial charge on any atom is -0.493 e. The summed E-state index contributed by atoms with van der Waals surface area (Å²) in [5.74, 6) is 0.578. The topological polar surface area (TPSA) is 94.6 Å². The molecular formula is C14H16N2O5S2. The zero-order chi connectivity index (χ0) is 17.0. The Hall–Kier alpha value is -2.13. The number of amides is 1. The lowest BCUT2D eigenvalue weighted by Crippen LogP contribution is -2.30. The molecule has 0 aliphatic carbocycles. The molecule has 0 aliphatic heterocycles. The molecule has 0 atom stereocenters. The van der Waals surface area contributed by atoms with E-state index < -0.39 is 15.9 Å². The minimum atomic E-state index is -3.56. The first kappa shape index (κ1) is 17.2. The Kier molecular flexibility index (Phi) is 5.22. The van der Waals surface area contributed by atoms with Gasteiger partial charge in [-0.2, -0.15) is 0 Å². The highest BCUT2D eigenvalue weighted by Crippen LogP contribution is 2.33. The molecule has 1 aromatic heterocycles.